The molecule has 0 aliphatic heterocycles. The van der Waals surface area contributed by atoms with Gasteiger partial charge in [-0.15, -0.1) is 6.54 Å². The van der Waals surface area contributed by atoms with Gasteiger partial charge in [0.05, 0.1) is 0 Å². The van der Waals surface area contributed by atoms with Crippen molar-refractivity contribution in [2.75, 3.05) is 6.54 Å². The molecular weight excluding hydrogens is 275 g/mol. The Morgan fingerprint density at radius 3 is 2.17 bits per heavy atom. The smallest absolute Gasteiger partial charge is 0.486 e. The molecule has 0 bridgehead atoms. The second kappa shape index (κ2) is 6.73. The molecule has 12 heavy (non-hydrogen) atoms. The van der Waals surface area contributed by atoms with Crippen LogP contribution in [-0.2, 0) is 4.74 Å². The van der Waals surface area contributed by atoms with Crippen LogP contribution in [0.4, 0.5) is 4.79 Å². The molecule has 0 N–H and O–H groups in total. The Bertz CT molecular complexity index is 142. The summed E-state index contributed by atoms with van der Waals surface area (Å²) in [5.41, 5.74) is -0.456. The van der Waals surface area contributed by atoms with Crippen LogP contribution in [0.1, 0.15) is 20.8 Å². The van der Waals surface area contributed by atoms with Crippen molar-refractivity contribution < 1.29 is 78.4 Å². The second-order valence-electron chi connectivity index (χ2n) is 3.24. The molecule has 0 heterocycles. The van der Waals surface area contributed by atoms with Crippen molar-refractivity contribution in [3.63, 3.8) is 0 Å². The predicted octanol–water partition coefficient (Wildman–Crippen LogP) is -1.15. The van der Waals surface area contributed by atoms with Crippen LogP contribution in [0, 0.1) is 14.0 Å². The van der Waals surface area contributed by atoms with Crippen molar-refractivity contribution in [3.05, 3.63) is 14.0 Å². The number of amides is 1. The Kier molecular flexibility index (Phi) is 8.85. The molecule has 0 spiro atoms. The summed E-state index contributed by atoms with van der Waals surface area (Å²) < 4.78 is 4.97. The van der Waals surface area contributed by atoms with E-state index in [2.05, 4.69) is 14.0 Å². The van der Waals surface area contributed by atoms with E-state index in [-0.39, 0.29) is 68.9 Å². The third-order valence-corrected chi connectivity index (χ3v) is 0.922. The van der Waals surface area contributed by atoms with E-state index in [1.165, 1.54) is 4.90 Å². The fraction of sp³-hybridized carbons (Fsp3) is 0.625. The first-order valence-corrected chi connectivity index (χ1v) is 3.47. The first-order valence-electron chi connectivity index (χ1n) is 3.47. The number of carbonyl (C=O) groups excluding carboxylic acids is 1. The maximum atomic E-state index is 11.0. The zero-order chi connectivity index (χ0) is 9.07. The quantitative estimate of drug-likeness (QED) is 0.571. The van der Waals surface area contributed by atoms with Crippen LogP contribution < -0.4 is 68.9 Å². The molecule has 0 aliphatic carbocycles. The standard InChI is InChI=1S/C8H15NO2.Cs/c1-6-9(5)7(10)11-8(2,3)4;/h1,5-6H2,2-4H3;/q-2;+1. The third-order valence-electron chi connectivity index (χ3n) is 0.922. The van der Waals surface area contributed by atoms with E-state index in [1.807, 2.05) is 20.8 Å². The van der Waals surface area contributed by atoms with Crippen molar-refractivity contribution in [1.82, 2.24) is 4.90 Å². The maximum absolute atomic E-state index is 11.0. The van der Waals surface area contributed by atoms with Crippen LogP contribution in [0.3, 0.4) is 0 Å². The topological polar surface area (TPSA) is 29.5 Å². The molecule has 0 saturated carbocycles. The molecule has 0 aromatic heterocycles. The summed E-state index contributed by atoms with van der Waals surface area (Å²) in [5, 5.41) is 0. The van der Waals surface area contributed by atoms with E-state index >= 15 is 0 Å². The van der Waals surface area contributed by atoms with Crippen molar-refractivity contribution in [2.24, 2.45) is 0 Å². The fourth-order valence-corrected chi connectivity index (χ4v) is 0.418. The summed E-state index contributed by atoms with van der Waals surface area (Å²) >= 11 is 0. The third kappa shape index (κ3) is 7.94. The van der Waals surface area contributed by atoms with Gasteiger partial charge in [-0.25, -0.2) is 4.79 Å². The first-order chi connectivity index (χ1) is 4.87. The Balaban J connectivity index is 0. The number of hydrogen-bond acceptors (Lipinski definition) is 2. The fourth-order valence-electron chi connectivity index (χ4n) is 0.418. The molecule has 1 amide bonds. The Hall–Kier alpha value is 1.32. The van der Waals surface area contributed by atoms with Gasteiger partial charge in [-0.05, 0) is 20.8 Å². The van der Waals surface area contributed by atoms with Crippen molar-refractivity contribution in [2.45, 2.75) is 26.4 Å². The Labute approximate surface area is 134 Å². The van der Waals surface area contributed by atoms with Crippen LogP contribution in [0.15, 0.2) is 0 Å². The van der Waals surface area contributed by atoms with Gasteiger partial charge in [-0.3, -0.25) is 7.05 Å². The number of nitrogens with zero attached hydrogens (tertiary/aromatic N) is 1. The number of ether oxygens (including phenoxy) is 1. The molecule has 0 aromatic rings. The zero-order valence-electron chi connectivity index (χ0n) is 8.39. The number of rotatable bonds is 1. The van der Waals surface area contributed by atoms with E-state index in [4.69, 9.17) is 4.74 Å². The van der Waals surface area contributed by atoms with Crippen LogP contribution in [0.5, 0.6) is 0 Å². The minimum Gasteiger partial charge on any atom is -0.486 e. The molecular formula is C8H15CsNO2-. The van der Waals surface area contributed by atoms with Gasteiger partial charge in [-0.2, -0.15) is 0 Å². The van der Waals surface area contributed by atoms with Crippen LogP contribution in [-0.4, -0.2) is 23.1 Å². The molecule has 0 unspecified atom stereocenters. The molecule has 0 radical (unpaired) electrons. The molecule has 0 saturated heterocycles. The average molecular weight is 290 g/mol. The molecule has 0 aromatic carbocycles. The van der Waals surface area contributed by atoms with Crippen molar-refractivity contribution >= 4 is 6.09 Å². The molecule has 0 aliphatic rings. The van der Waals surface area contributed by atoms with E-state index in [9.17, 15) is 4.79 Å². The molecule has 0 rings (SSSR count). The summed E-state index contributed by atoms with van der Waals surface area (Å²) in [6, 6.07) is 0. The number of carbonyl (C=O) groups is 1. The maximum Gasteiger partial charge on any atom is 1.00 e. The summed E-state index contributed by atoms with van der Waals surface area (Å²) in [6.45, 7) is 9.24. The van der Waals surface area contributed by atoms with Gasteiger partial charge in [0, 0.05) is 0 Å². The average Bonchev–Trinajstić information content (AvgIpc) is 1.82. The zero-order valence-corrected chi connectivity index (χ0v) is 14.7. The van der Waals surface area contributed by atoms with Crippen LogP contribution in [0.25, 0.3) is 0 Å². The minimum absolute atomic E-state index is 0. The predicted molar refractivity (Wildman–Crippen MR) is 43.7 cm³/mol. The van der Waals surface area contributed by atoms with E-state index in [0.717, 1.165) is 0 Å². The van der Waals surface area contributed by atoms with Gasteiger partial charge in [0.2, 0.25) is 0 Å². The SMILES string of the molecule is [CH2-]CN([CH2-])C(=O)OC(C)(C)C.[Cs+]. The summed E-state index contributed by atoms with van der Waals surface area (Å²) in [5.74, 6) is 0. The Morgan fingerprint density at radius 1 is 1.50 bits per heavy atom. The summed E-state index contributed by atoms with van der Waals surface area (Å²) in [6.07, 6.45) is -0.438. The molecule has 0 fully saturated rings. The first kappa shape index (κ1) is 15.8. The van der Waals surface area contributed by atoms with Gasteiger partial charge < -0.3 is 16.6 Å². The summed E-state index contributed by atoms with van der Waals surface area (Å²) in [7, 11) is 3.44. The van der Waals surface area contributed by atoms with Gasteiger partial charge in [-0.1, -0.05) is 0 Å². The molecule has 4 heteroatoms. The van der Waals surface area contributed by atoms with E-state index in [1.54, 1.807) is 0 Å². The molecule has 66 valence electrons. The summed E-state index contributed by atoms with van der Waals surface area (Å²) in [4.78, 5) is 12.2. The molecule has 0 atom stereocenters. The van der Waals surface area contributed by atoms with Crippen LogP contribution in [0.2, 0.25) is 0 Å². The van der Waals surface area contributed by atoms with Gasteiger partial charge in [0.25, 0.3) is 0 Å². The van der Waals surface area contributed by atoms with Gasteiger partial charge >= 0.3 is 75.0 Å². The molecule has 3 nitrogen and oxygen atoms in total. The largest absolute Gasteiger partial charge is 1.00 e. The van der Waals surface area contributed by atoms with Crippen molar-refractivity contribution in [3.8, 4) is 0 Å². The Morgan fingerprint density at radius 2 is 1.92 bits per heavy atom. The van der Waals surface area contributed by atoms with Gasteiger partial charge in [0.1, 0.15) is 5.60 Å². The van der Waals surface area contributed by atoms with Crippen molar-refractivity contribution in [1.29, 1.82) is 0 Å². The monoisotopic (exact) mass is 290 g/mol. The second-order valence-corrected chi connectivity index (χ2v) is 3.24. The van der Waals surface area contributed by atoms with Gasteiger partial charge in [0.15, 0.2) is 0 Å². The van der Waals surface area contributed by atoms with E-state index in [0.29, 0.717) is 6.54 Å². The minimum atomic E-state index is -0.456. The van der Waals surface area contributed by atoms with Crippen LogP contribution >= 0.6 is 0 Å². The normalized spacial score (nSPS) is 10.1. The van der Waals surface area contributed by atoms with E-state index < -0.39 is 11.7 Å². The number of hydrogen-bond donors (Lipinski definition) is 0.